The van der Waals surface area contributed by atoms with Crippen molar-refractivity contribution < 1.29 is 4.39 Å². The topological polar surface area (TPSA) is 0 Å². The summed E-state index contributed by atoms with van der Waals surface area (Å²) in [4.78, 5) is 0. The van der Waals surface area contributed by atoms with Gasteiger partial charge in [-0.2, -0.15) is 0 Å². The molecule has 0 fully saturated rings. The normalized spacial score (nSPS) is 8.65. The molecule has 0 aliphatic rings. The van der Waals surface area contributed by atoms with Gasteiger partial charge in [-0.1, -0.05) is 94.4 Å². The second-order valence-electron chi connectivity index (χ2n) is 3.01. The third-order valence-electron chi connectivity index (χ3n) is 2.00. The predicted octanol–water partition coefficient (Wildman–Crippen LogP) is 7.28. The van der Waals surface area contributed by atoms with Crippen LogP contribution in [0.15, 0.2) is 0 Å². The lowest BCUT2D eigenvalue weighted by Gasteiger charge is -2.05. The Hall–Kier alpha value is -0.0700. The van der Waals surface area contributed by atoms with E-state index in [0.29, 0.717) is 7.18 Å². The van der Waals surface area contributed by atoms with Gasteiger partial charge < -0.3 is 0 Å². The van der Waals surface area contributed by atoms with Gasteiger partial charge in [-0.3, -0.25) is 4.39 Å². The third kappa shape index (κ3) is 64.4. The van der Waals surface area contributed by atoms with Crippen molar-refractivity contribution in [3.05, 3.63) is 0 Å². The minimum atomic E-state index is 0.500. The molecule has 0 aromatic rings. The van der Waals surface area contributed by atoms with Gasteiger partial charge in [0, 0.05) is 0 Å². The van der Waals surface area contributed by atoms with Gasteiger partial charge in [-0.15, -0.1) is 0 Å². The van der Waals surface area contributed by atoms with Crippen LogP contribution in [0.3, 0.4) is 0 Å². The molecule has 0 aliphatic heterocycles. The highest BCUT2D eigenvalue weighted by Crippen LogP contribution is 2.11. The van der Waals surface area contributed by atoms with Crippen molar-refractivity contribution in [3.8, 4) is 0 Å². The van der Waals surface area contributed by atoms with Crippen LogP contribution in [-0.2, 0) is 0 Å². The first-order chi connectivity index (χ1) is 8.31. The van der Waals surface area contributed by atoms with E-state index in [4.69, 9.17) is 0 Å². The molecule has 112 valence electrons. The van der Waals surface area contributed by atoms with E-state index < -0.39 is 0 Å². The van der Waals surface area contributed by atoms with Gasteiger partial charge in [0.05, 0.1) is 7.18 Å². The summed E-state index contributed by atoms with van der Waals surface area (Å²) in [6.45, 7) is 18.9. The zero-order chi connectivity index (χ0) is 15.1. The maximum atomic E-state index is 9.50. The maximum absolute atomic E-state index is 9.50. The fourth-order valence-electron chi connectivity index (χ4n) is 0.947. The molecule has 0 saturated heterocycles. The van der Waals surface area contributed by atoms with Crippen LogP contribution >= 0.6 is 0 Å². The molecular formula is C16H41F. The van der Waals surface area contributed by atoms with Gasteiger partial charge in [0.1, 0.15) is 0 Å². The number of alkyl halides is 1. The first-order valence-electron chi connectivity index (χ1n) is 7.69. The minimum Gasteiger partial charge on any atom is -0.255 e. The lowest BCUT2D eigenvalue weighted by atomic mass is 10.0. The molecule has 0 radical (unpaired) electrons. The van der Waals surface area contributed by atoms with Gasteiger partial charge in [-0.05, 0) is 5.92 Å². The number of hydrogen-bond acceptors (Lipinski definition) is 0. The summed E-state index contributed by atoms with van der Waals surface area (Å²) in [5.74, 6) is 0.955. The Kier molecular flexibility index (Phi) is 100. The summed E-state index contributed by atoms with van der Waals surface area (Å²) in [5.41, 5.74) is 0. The van der Waals surface area contributed by atoms with Crippen LogP contribution < -0.4 is 0 Å². The van der Waals surface area contributed by atoms with Crippen LogP contribution in [0.25, 0.3) is 0 Å². The molecule has 0 nitrogen and oxygen atoms in total. The Morgan fingerprint density at radius 2 is 1.12 bits per heavy atom. The second-order valence-corrected chi connectivity index (χ2v) is 3.01. The van der Waals surface area contributed by atoms with Gasteiger partial charge >= 0.3 is 0 Å². The lowest BCUT2D eigenvalue weighted by molar-refractivity contribution is 0.482. The average Bonchev–Trinajstić information content (AvgIpc) is 2.47. The van der Waals surface area contributed by atoms with Crippen LogP contribution in [0.1, 0.15) is 94.4 Å². The van der Waals surface area contributed by atoms with Crippen LogP contribution in [-0.4, -0.2) is 7.18 Å². The standard InChI is InChI=1S/C9H20.3C2H6.CH3F/c1-4-6-7-8-9(3)5-2;4*1-2/h9H,4-8H2,1-3H3;3*1-2H3;1H3. The number of unbranched alkanes of at least 4 members (excludes halogenated alkanes) is 2. The maximum Gasteiger partial charge on any atom is 0.0785 e. The fraction of sp³-hybridized carbons (Fsp3) is 1.00. The van der Waals surface area contributed by atoms with E-state index in [0.717, 1.165) is 5.92 Å². The number of rotatable bonds is 5. The molecule has 0 heterocycles. The Morgan fingerprint density at radius 3 is 1.35 bits per heavy atom. The Balaban J connectivity index is -0.0000000507. The van der Waals surface area contributed by atoms with Crippen molar-refractivity contribution in [2.24, 2.45) is 5.92 Å². The molecule has 1 unspecified atom stereocenters. The first kappa shape index (κ1) is 30.2. The van der Waals surface area contributed by atoms with Crippen molar-refractivity contribution in [2.45, 2.75) is 94.4 Å². The Bertz CT molecular complexity index is 53.5. The van der Waals surface area contributed by atoms with Gasteiger partial charge in [0.15, 0.2) is 0 Å². The molecule has 0 aromatic carbocycles. The minimum absolute atomic E-state index is 0.500. The summed E-state index contributed by atoms with van der Waals surface area (Å²) < 4.78 is 9.50. The molecule has 1 heteroatoms. The molecule has 1 atom stereocenters. The van der Waals surface area contributed by atoms with Gasteiger partial charge in [0.2, 0.25) is 0 Å². The third-order valence-corrected chi connectivity index (χ3v) is 2.00. The average molecular weight is 253 g/mol. The molecule has 0 saturated carbocycles. The fourth-order valence-corrected chi connectivity index (χ4v) is 0.947. The van der Waals surface area contributed by atoms with E-state index in [-0.39, 0.29) is 0 Å². The molecule has 0 N–H and O–H groups in total. The molecular weight excluding hydrogens is 211 g/mol. The summed E-state index contributed by atoms with van der Waals surface area (Å²) in [5, 5.41) is 0. The number of hydrogen-bond donors (Lipinski definition) is 0. The summed E-state index contributed by atoms with van der Waals surface area (Å²) in [6.07, 6.45) is 7.00. The first-order valence-corrected chi connectivity index (χ1v) is 7.69. The highest BCUT2D eigenvalue weighted by molar-refractivity contribution is 4.49. The smallest absolute Gasteiger partial charge is 0.0785 e. The van der Waals surface area contributed by atoms with Gasteiger partial charge in [-0.25, -0.2) is 0 Å². The lowest BCUT2D eigenvalue weighted by Crippen LogP contribution is -1.90. The van der Waals surface area contributed by atoms with Crippen molar-refractivity contribution in [1.29, 1.82) is 0 Å². The molecule has 0 aromatic heterocycles. The van der Waals surface area contributed by atoms with Crippen molar-refractivity contribution in [2.75, 3.05) is 7.18 Å². The van der Waals surface area contributed by atoms with Gasteiger partial charge in [0.25, 0.3) is 0 Å². The highest BCUT2D eigenvalue weighted by Gasteiger charge is 1.95. The second kappa shape index (κ2) is 56.5. The van der Waals surface area contributed by atoms with E-state index in [2.05, 4.69) is 20.8 Å². The summed E-state index contributed by atoms with van der Waals surface area (Å²) in [7, 11) is 0.500. The van der Waals surface area contributed by atoms with Crippen LogP contribution in [0.2, 0.25) is 0 Å². The molecule has 17 heavy (non-hydrogen) atoms. The van der Waals surface area contributed by atoms with E-state index in [1.807, 2.05) is 41.5 Å². The Labute approximate surface area is 112 Å². The molecule has 0 rings (SSSR count). The predicted molar refractivity (Wildman–Crippen MR) is 84.7 cm³/mol. The highest BCUT2D eigenvalue weighted by atomic mass is 19.1. The van der Waals surface area contributed by atoms with Crippen LogP contribution in [0, 0.1) is 5.92 Å². The van der Waals surface area contributed by atoms with Crippen molar-refractivity contribution in [3.63, 3.8) is 0 Å². The SMILES string of the molecule is CC.CC.CC.CCCCCC(C)CC.CF. The monoisotopic (exact) mass is 252 g/mol. The van der Waals surface area contributed by atoms with Crippen molar-refractivity contribution >= 4 is 0 Å². The van der Waals surface area contributed by atoms with E-state index in [1.54, 1.807) is 0 Å². The van der Waals surface area contributed by atoms with Crippen molar-refractivity contribution in [1.82, 2.24) is 0 Å². The summed E-state index contributed by atoms with van der Waals surface area (Å²) in [6, 6.07) is 0. The Morgan fingerprint density at radius 1 is 0.765 bits per heavy atom. The molecule has 0 bridgehead atoms. The van der Waals surface area contributed by atoms with Crippen LogP contribution in [0.4, 0.5) is 4.39 Å². The largest absolute Gasteiger partial charge is 0.255 e. The zero-order valence-electron chi connectivity index (χ0n) is 14.5. The zero-order valence-corrected chi connectivity index (χ0v) is 14.5. The number of halogens is 1. The van der Waals surface area contributed by atoms with E-state index >= 15 is 0 Å². The summed E-state index contributed by atoms with van der Waals surface area (Å²) >= 11 is 0. The molecule has 0 aliphatic carbocycles. The molecule has 0 amide bonds. The quantitative estimate of drug-likeness (QED) is 0.451. The van der Waals surface area contributed by atoms with Crippen LogP contribution in [0.5, 0.6) is 0 Å². The van der Waals surface area contributed by atoms with E-state index in [9.17, 15) is 4.39 Å². The van der Waals surface area contributed by atoms with E-state index in [1.165, 1.54) is 32.1 Å². The molecule has 0 spiro atoms.